The van der Waals surface area contributed by atoms with Crippen LogP contribution in [-0.4, -0.2) is 34.1 Å². The molecule has 1 amide bonds. The van der Waals surface area contributed by atoms with Gasteiger partial charge in [-0.2, -0.15) is 0 Å². The van der Waals surface area contributed by atoms with E-state index in [9.17, 15) is 13.2 Å². The Hall–Kier alpha value is -3.52. The lowest BCUT2D eigenvalue weighted by molar-refractivity contribution is 0.102. The second kappa shape index (κ2) is 8.78. The van der Waals surface area contributed by atoms with Crippen molar-refractivity contribution in [2.45, 2.75) is 24.2 Å². The van der Waals surface area contributed by atoms with Crippen LogP contribution in [0.3, 0.4) is 0 Å². The predicted octanol–water partition coefficient (Wildman–Crippen LogP) is 4.24. The van der Waals surface area contributed by atoms with Crippen LogP contribution in [0.4, 0.5) is 11.4 Å². The fourth-order valence-electron chi connectivity index (χ4n) is 4.12. The number of hydrogen-bond acceptors (Lipinski definition) is 5. The highest BCUT2D eigenvalue weighted by atomic mass is 32.2. The molecule has 0 radical (unpaired) electrons. The summed E-state index contributed by atoms with van der Waals surface area (Å²) < 4.78 is 39.6. The molecule has 7 nitrogen and oxygen atoms in total. The highest BCUT2D eigenvalue weighted by molar-refractivity contribution is 7.92. The van der Waals surface area contributed by atoms with E-state index in [1.54, 1.807) is 30.3 Å². The third kappa shape index (κ3) is 4.26. The van der Waals surface area contributed by atoms with E-state index in [1.165, 1.54) is 16.4 Å². The smallest absolute Gasteiger partial charge is 0.264 e. The first-order chi connectivity index (χ1) is 16.0. The Bertz CT molecular complexity index is 1310. The van der Waals surface area contributed by atoms with Crippen molar-refractivity contribution >= 4 is 27.3 Å². The Labute approximate surface area is 193 Å². The average Bonchev–Trinajstić information content (AvgIpc) is 3.09. The second-order valence-corrected chi connectivity index (χ2v) is 9.87. The van der Waals surface area contributed by atoms with Gasteiger partial charge in [-0.1, -0.05) is 24.3 Å². The van der Waals surface area contributed by atoms with Crippen LogP contribution in [0.25, 0.3) is 0 Å². The van der Waals surface area contributed by atoms with Crippen LogP contribution < -0.4 is 19.1 Å². The molecule has 3 aromatic carbocycles. The quantitative estimate of drug-likeness (QED) is 0.624. The van der Waals surface area contributed by atoms with Crippen LogP contribution in [-0.2, 0) is 16.4 Å². The largest absolute Gasteiger partial charge is 0.490 e. The van der Waals surface area contributed by atoms with Crippen molar-refractivity contribution in [3.63, 3.8) is 0 Å². The molecule has 0 saturated heterocycles. The molecule has 0 saturated carbocycles. The van der Waals surface area contributed by atoms with E-state index >= 15 is 0 Å². The van der Waals surface area contributed by atoms with E-state index in [2.05, 4.69) is 5.32 Å². The SMILES string of the molecule is O=C(Nc1ccc2c(c1)OCCCO2)c1cccc(S(=O)(=O)N2CCCc3ccccc32)c1. The van der Waals surface area contributed by atoms with Crippen molar-refractivity contribution in [3.8, 4) is 11.5 Å². The van der Waals surface area contributed by atoms with Gasteiger partial charge < -0.3 is 14.8 Å². The molecule has 0 aromatic heterocycles. The molecule has 0 unspecified atom stereocenters. The Kier molecular flexibility index (Phi) is 5.68. The fourth-order valence-corrected chi connectivity index (χ4v) is 5.71. The molecule has 0 bridgehead atoms. The summed E-state index contributed by atoms with van der Waals surface area (Å²) in [6, 6.07) is 18.9. The molecule has 0 aliphatic carbocycles. The van der Waals surface area contributed by atoms with Gasteiger partial charge in [0.1, 0.15) is 0 Å². The lowest BCUT2D eigenvalue weighted by Gasteiger charge is -2.30. The van der Waals surface area contributed by atoms with Gasteiger partial charge >= 0.3 is 0 Å². The summed E-state index contributed by atoms with van der Waals surface area (Å²) in [5.74, 6) is 0.811. The van der Waals surface area contributed by atoms with Crippen molar-refractivity contribution in [2.24, 2.45) is 0 Å². The monoisotopic (exact) mass is 464 g/mol. The molecule has 3 aromatic rings. The Morgan fingerprint density at radius 3 is 2.58 bits per heavy atom. The Morgan fingerprint density at radius 2 is 1.70 bits per heavy atom. The van der Waals surface area contributed by atoms with Crippen LogP contribution in [0, 0.1) is 0 Å². The summed E-state index contributed by atoms with van der Waals surface area (Å²) in [6.45, 7) is 1.54. The van der Waals surface area contributed by atoms with Gasteiger partial charge in [-0.3, -0.25) is 9.10 Å². The van der Waals surface area contributed by atoms with E-state index in [4.69, 9.17) is 9.47 Å². The molecule has 0 fully saturated rings. The minimum Gasteiger partial charge on any atom is -0.490 e. The number of carbonyl (C=O) groups is 1. The van der Waals surface area contributed by atoms with Crippen molar-refractivity contribution < 1.29 is 22.7 Å². The Balaban J connectivity index is 1.39. The van der Waals surface area contributed by atoms with Crippen LogP contribution >= 0.6 is 0 Å². The minimum atomic E-state index is -3.80. The number of hydrogen-bond donors (Lipinski definition) is 1. The second-order valence-electron chi connectivity index (χ2n) is 8.00. The number of fused-ring (bicyclic) bond motifs is 2. The van der Waals surface area contributed by atoms with E-state index in [1.807, 2.05) is 24.3 Å². The molecular formula is C25H24N2O5S. The van der Waals surface area contributed by atoms with Gasteiger partial charge in [-0.05, 0) is 54.8 Å². The number of carbonyl (C=O) groups excluding carboxylic acids is 1. The van der Waals surface area contributed by atoms with E-state index in [0.29, 0.717) is 42.6 Å². The summed E-state index contributed by atoms with van der Waals surface area (Å²) in [7, 11) is -3.80. The number of ether oxygens (including phenoxy) is 2. The molecule has 2 aliphatic rings. The molecule has 0 spiro atoms. The summed E-state index contributed by atoms with van der Waals surface area (Å²) >= 11 is 0. The lowest BCUT2D eigenvalue weighted by Crippen LogP contribution is -2.35. The predicted molar refractivity (Wildman–Crippen MR) is 126 cm³/mol. The number of benzene rings is 3. The van der Waals surface area contributed by atoms with E-state index in [0.717, 1.165) is 24.8 Å². The van der Waals surface area contributed by atoms with Gasteiger partial charge in [0.25, 0.3) is 15.9 Å². The Morgan fingerprint density at radius 1 is 0.879 bits per heavy atom. The number of anilines is 2. The molecule has 2 heterocycles. The van der Waals surface area contributed by atoms with Crippen molar-refractivity contribution in [1.82, 2.24) is 0 Å². The number of nitrogens with zero attached hydrogens (tertiary/aromatic N) is 1. The molecule has 0 atom stereocenters. The van der Waals surface area contributed by atoms with E-state index in [-0.39, 0.29) is 10.5 Å². The molecule has 1 N–H and O–H groups in total. The maximum Gasteiger partial charge on any atom is 0.264 e. The molecule has 170 valence electrons. The number of sulfonamides is 1. The summed E-state index contributed by atoms with van der Waals surface area (Å²) in [5, 5.41) is 2.82. The van der Waals surface area contributed by atoms with Crippen molar-refractivity contribution in [3.05, 3.63) is 77.9 Å². The zero-order chi connectivity index (χ0) is 22.8. The zero-order valence-corrected chi connectivity index (χ0v) is 18.8. The minimum absolute atomic E-state index is 0.0884. The van der Waals surface area contributed by atoms with Gasteiger partial charge in [-0.15, -0.1) is 0 Å². The highest BCUT2D eigenvalue weighted by Gasteiger charge is 2.29. The number of para-hydroxylation sites is 1. The van der Waals surface area contributed by atoms with Crippen molar-refractivity contribution in [1.29, 1.82) is 0 Å². The third-order valence-electron chi connectivity index (χ3n) is 5.76. The molecule has 5 rings (SSSR count). The first-order valence-corrected chi connectivity index (χ1v) is 12.4. The van der Waals surface area contributed by atoms with Gasteiger partial charge in [0.05, 0.1) is 23.8 Å². The molecular weight excluding hydrogens is 440 g/mol. The molecule has 33 heavy (non-hydrogen) atoms. The summed E-state index contributed by atoms with van der Waals surface area (Å²) in [4.78, 5) is 13.0. The number of amides is 1. The number of nitrogens with one attached hydrogen (secondary N) is 1. The van der Waals surface area contributed by atoms with E-state index < -0.39 is 15.9 Å². The van der Waals surface area contributed by atoms with Crippen LogP contribution in [0.5, 0.6) is 11.5 Å². The maximum atomic E-state index is 13.4. The molecule has 8 heteroatoms. The first kappa shape index (κ1) is 21.3. The maximum absolute atomic E-state index is 13.4. The normalized spacial score (nSPS) is 15.3. The van der Waals surface area contributed by atoms with Gasteiger partial charge in [0.15, 0.2) is 11.5 Å². The third-order valence-corrected chi connectivity index (χ3v) is 7.57. The van der Waals surface area contributed by atoms with Gasteiger partial charge in [0, 0.05) is 30.3 Å². The van der Waals surface area contributed by atoms with Crippen LogP contribution in [0.15, 0.2) is 71.6 Å². The number of aryl methyl sites for hydroxylation is 1. The molecule has 2 aliphatic heterocycles. The van der Waals surface area contributed by atoms with Crippen LogP contribution in [0.1, 0.15) is 28.8 Å². The highest BCUT2D eigenvalue weighted by Crippen LogP contribution is 2.33. The topological polar surface area (TPSA) is 84.9 Å². The van der Waals surface area contributed by atoms with Crippen molar-refractivity contribution in [2.75, 3.05) is 29.4 Å². The summed E-state index contributed by atoms with van der Waals surface area (Å²) in [5.41, 5.74) is 2.51. The fraction of sp³-hybridized carbons (Fsp3) is 0.240. The number of rotatable bonds is 4. The summed E-state index contributed by atoms with van der Waals surface area (Å²) in [6.07, 6.45) is 2.39. The standard InChI is InChI=1S/C25H24N2O5S/c28-25(26-20-11-12-23-24(17-20)32-15-5-14-31-23)19-7-3-9-21(16-19)33(29,30)27-13-4-8-18-6-1-2-10-22(18)27/h1-3,6-7,9-12,16-17H,4-5,8,13-15H2,(H,26,28). The zero-order valence-electron chi connectivity index (χ0n) is 18.0. The first-order valence-electron chi connectivity index (χ1n) is 10.9. The average molecular weight is 465 g/mol. The van der Waals surface area contributed by atoms with Gasteiger partial charge in [-0.25, -0.2) is 8.42 Å². The van der Waals surface area contributed by atoms with Gasteiger partial charge in [0.2, 0.25) is 0 Å². The van der Waals surface area contributed by atoms with Crippen LogP contribution in [0.2, 0.25) is 0 Å². The lowest BCUT2D eigenvalue weighted by atomic mass is 10.0.